The fraction of sp³-hybridized carbons (Fsp3) is 0. The molecule has 0 aliphatic carbocycles. The Morgan fingerprint density at radius 2 is 2.12 bits per heavy atom. The largest absolute Gasteiger partial charge is 0.475 e. The first-order valence-corrected chi connectivity index (χ1v) is 4.79. The van der Waals surface area contributed by atoms with E-state index < -0.39 is 5.97 Å². The van der Waals surface area contributed by atoms with Gasteiger partial charge in [-0.05, 0) is 11.2 Å². The molecule has 0 radical (unpaired) electrons. The zero-order valence-electron chi connectivity index (χ0n) is 8.45. The molecule has 0 amide bonds. The van der Waals surface area contributed by atoms with E-state index in [9.17, 15) is 4.79 Å². The van der Waals surface area contributed by atoms with Crippen molar-refractivity contribution in [3.63, 3.8) is 0 Å². The standard InChI is InChI=1S/C11H6N2O4/c14-11(15)9-12-10(17-13-9)7-5-16-8-4-2-1-3-6(7)8/h1-5H,(H,14,15). The van der Waals surface area contributed by atoms with Crippen LogP contribution in [-0.2, 0) is 0 Å². The maximum atomic E-state index is 10.6. The number of carboxylic acid groups (broad SMARTS) is 1. The molecule has 0 spiro atoms. The number of carboxylic acids is 1. The predicted molar refractivity (Wildman–Crippen MR) is 56.5 cm³/mol. The number of rotatable bonds is 2. The number of aromatic nitrogens is 2. The van der Waals surface area contributed by atoms with E-state index >= 15 is 0 Å². The normalized spacial score (nSPS) is 10.8. The Hall–Kier alpha value is -2.63. The molecule has 3 aromatic rings. The van der Waals surface area contributed by atoms with Crippen LogP contribution in [0.25, 0.3) is 22.4 Å². The summed E-state index contributed by atoms with van der Waals surface area (Å²) in [6.07, 6.45) is 1.46. The van der Waals surface area contributed by atoms with Crippen molar-refractivity contribution in [1.29, 1.82) is 0 Å². The van der Waals surface area contributed by atoms with E-state index in [0.717, 1.165) is 5.39 Å². The molecular weight excluding hydrogens is 224 g/mol. The predicted octanol–water partition coefficient (Wildman–Crippen LogP) is 2.18. The summed E-state index contributed by atoms with van der Waals surface area (Å²) in [5.41, 5.74) is 1.26. The number of fused-ring (bicyclic) bond motifs is 1. The van der Waals surface area contributed by atoms with Gasteiger partial charge in [0.15, 0.2) is 0 Å². The first-order chi connectivity index (χ1) is 8.25. The average Bonchev–Trinajstić information content (AvgIpc) is 2.95. The van der Waals surface area contributed by atoms with Gasteiger partial charge in [-0.15, -0.1) is 0 Å². The second kappa shape index (κ2) is 3.44. The SMILES string of the molecule is O=C(O)c1noc(-c2coc3ccccc23)n1. The highest BCUT2D eigenvalue weighted by Gasteiger charge is 2.17. The number of aromatic carboxylic acids is 1. The van der Waals surface area contributed by atoms with E-state index in [0.29, 0.717) is 11.1 Å². The van der Waals surface area contributed by atoms with E-state index in [1.54, 1.807) is 6.07 Å². The smallest absolute Gasteiger partial charge is 0.377 e. The summed E-state index contributed by atoms with van der Waals surface area (Å²) in [5.74, 6) is -1.47. The van der Waals surface area contributed by atoms with Crippen LogP contribution < -0.4 is 0 Å². The minimum Gasteiger partial charge on any atom is -0.475 e. The Morgan fingerprint density at radius 1 is 1.29 bits per heavy atom. The molecule has 17 heavy (non-hydrogen) atoms. The van der Waals surface area contributed by atoms with Crippen LogP contribution in [-0.4, -0.2) is 21.2 Å². The summed E-state index contributed by atoms with van der Waals surface area (Å²) < 4.78 is 10.2. The van der Waals surface area contributed by atoms with Crippen LogP contribution in [0.2, 0.25) is 0 Å². The van der Waals surface area contributed by atoms with E-state index in [1.165, 1.54) is 6.26 Å². The van der Waals surface area contributed by atoms with Gasteiger partial charge in [0.05, 0.1) is 5.56 Å². The second-order valence-corrected chi connectivity index (χ2v) is 3.37. The summed E-state index contributed by atoms with van der Waals surface area (Å²) >= 11 is 0. The minimum atomic E-state index is -1.23. The first-order valence-electron chi connectivity index (χ1n) is 4.79. The van der Waals surface area contributed by atoms with Gasteiger partial charge in [-0.2, -0.15) is 4.98 Å². The molecule has 0 aliphatic heterocycles. The van der Waals surface area contributed by atoms with Crippen LogP contribution in [0.1, 0.15) is 10.6 Å². The highest BCUT2D eigenvalue weighted by Crippen LogP contribution is 2.28. The van der Waals surface area contributed by atoms with E-state index in [1.807, 2.05) is 18.2 Å². The maximum Gasteiger partial charge on any atom is 0.377 e. The van der Waals surface area contributed by atoms with Crippen LogP contribution in [0.15, 0.2) is 39.5 Å². The number of furan rings is 1. The quantitative estimate of drug-likeness (QED) is 0.725. The summed E-state index contributed by atoms with van der Waals surface area (Å²) in [6.45, 7) is 0. The number of benzene rings is 1. The second-order valence-electron chi connectivity index (χ2n) is 3.37. The minimum absolute atomic E-state index is 0.132. The summed E-state index contributed by atoms with van der Waals surface area (Å²) in [4.78, 5) is 14.4. The highest BCUT2D eigenvalue weighted by atomic mass is 16.5. The molecule has 2 heterocycles. The van der Waals surface area contributed by atoms with E-state index in [2.05, 4.69) is 10.1 Å². The molecule has 1 aromatic carbocycles. The molecular formula is C11H6N2O4. The van der Waals surface area contributed by atoms with Gasteiger partial charge in [-0.3, -0.25) is 0 Å². The van der Waals surface area contributed by atoms with Gasteiger partial charge in [-0.1, -0.05) is 18.2 Å². The third kappa shape index (κ3) is 1.46. The van der Waals surface area contributed by atoms with E-state index in [-0.39, 0.29) is 11.7 Å². The Kier molecular flexibility index (Phi) is 1.94. The Balaban J connectivity index is 2.17. The fourth-order valence-corrected chi connectivity index (χ4v) is 1.56. The Morgan fingerprint density at radius 3 is 2.88 bits per heavy atom. The molecule has 0 saturated heterocycles. The van der Waals surface area contributed by atoms with Gasteiger partial charge in [0, 0.05) is 5.39 Å². The number of nitrogens with zero attached hydrogens (tertiary/aromatic N) is 2. The molecule has 0 atom stereocenters. The van der Waals surface area contributed by atoms with Crippen LogP contribution in [0, 0.1) is 0 Å². The molecule has 84 valence electrons. The maximum absolute atomic E-state index is 10.6. The lowest BCUT2D eigenvalue weighted by Gasteiger charge is -1.88. The topological polar surface area (TPSA) is 89.4 Å². The Labute approximate surface area is 94.5 Å². The van der Waals surface area contributed by atoms with Crippen LogP contribution in [0.4, 0.5) is 0 Å². The number of hydrogen-bond acceptors (Lipinski definition) is 5. The van der Waals surface area contributed by atoms with Gasteiger partial charge in [0.2, 0.25) is 0 Å². The summed E-state index contributed by atoms with van der Waals surface area (Å²) in [5, 5.41) is 12.9. The molecule has 0 bridgehead atoms. The van der Waals surface area contributed by atoms with Crippen molar-refractivity contribution in [2.45, 2.75) is 0 Å². The lowest BCUT2D eigenvalue weighted by molar-refractivity contribution is 0.0680. The van der Waals surface area contributed by atoms with Crippen LogP contribution in [0.3, 0.4) is 0 Å². The first kappa shape index (κ1) is 9.59. The van der Waals surface area contributed by atoms with Crippen molar-refractivity contribution >= 4 is 16.9 Å². The number of para-hydroxylation sites is 1. The molecule has 2 aromatic heterocycles. The molecule has 1 N–H and O–H groups in total. The summed E-state index contributed by atoms with van der Waals surface area (Å²) in [7, 11) is 0. The van der Waals surface area contributed by atoms with Crippen molar-refractivity contribution in [3.8, 4) is 11.5 Å². The molecule has 6 nitrogen and oxygen atoms in total. The number of hydrogen-bond donors (Lipinski definition) is 1. The fourth-order valence-electron chi connectivity index (χ4n) is 1.56. The molecule has 0 unspecified atom stereocenters. The zero-order chi connectivity index (χ0) is 11.8. The molecule has 0 saturated carbocycles. The monoisotopic (exact) mass is 230 g/mol. The molecule has 0 aliphatic rings. The summed E-state index contributed by atoms with van der Waals surface area (Å²) in [6, 6.07) is 7.31. The van der Waals surface area contributed by atoms with Crippen LogP contribution in [0.5, 0.6) is 0 Å². The van der Waals surface area contributed by atoms with Crippen molar-refractivity contribution in [1.82, 2.24) is 10.1 Å². The van der Waals surface area contributed by atoms with Crippen LogP contribution >= 0.6 is 0 Å². The number of carbonyl (C=O) groups is 1. The lowest BCUT2D eigenvalue weighted by atomic mass is 10.2. The van der Waals surface area contributed by atoms with Crippen molar-refractivity contribution < 1.29 is 18.8 Å². The highest BCUT2D eigenvalue weighted by molar-refractivity contribution is 5.92. The van der Waals surface area contributed by atoms with Gasteiger partial charge in [0.1, 0.15) is 11.8 Å². The molecule has 6 heteroatoms. The molecule has 3 rings (SSSR count). The van der Waals surface area contributed by atoms with Crippen molar-refractivity contribution in [2.24, 2.45) is 0 Å². The third-order valence-corrected chi connectivity index (χ3v) is 2.33. The third-order valence-electron chi connectivity index (χ3n) is 2.33. The van der Waals surface area contributed by atoms with Crippen molar-refractivity contribution in [3.05, 3.63) is 36.4 Å². The lowest BCUT2D eigenvalue weighted by Crippen LogP contribution is -1.98. The van der Waals surface area contributed by atoms with Gasteiger partial charge in [0.25, 0.3) is 11.7 Å². The van der Waals surface area contributed by atoms with Gasteiger partial charge >= 0.3 is 5.97 Å². The Bertz CT molecular complexity index is 698. The average molecular weight is 230 g/mol. The molecule has 0 fully saturated rings. The van der Waals surface area contributed by atoms with E-state index in [4.69, 9.17) is 14.0 Å². The van der Waals surface area contributed by atoms with Crippen molar-refractivity contribution in [2.75, 3.05) is 0 Å². The van der Waals surface area contributed by atoms with Gasteiger partial charge in [-0.25, -0.2) is 4.79 Å². The zero-order valence-corrected chi connectivity index (χ0v) is 8.45. The van der Waals surface area contributed by atoms with Gasteiger partial charge < -0.3 is 14.0 Å².